The number of rotatable bonds is 8. The summed E-state index contributed by atoms with van der Waals surface area (Å²) in [7, 11) is 5.43. The maximum Gasteiger partial charge on any atom is 0.270 e. The summed E-state index contributed by atoms with van der Waals surface area (Å²) in [5, 5.41) is 11.0. The molecule has 0 spiro atoms. The molecule has 1 aliphatic heterocycles. The van der Waals surface area contributed by atoms with Crippen LogP contribution in [0.2, 0.25) is 0 Å². The Kier molecular flexibility index (Phi) is 7.56. The molecule has 10 heteroatoms. The van der Waals surface area contributed by atoms with E-state index >= 15 is 0 Å². The summed E-state index contributed by atoms with van der Waals surface area (Å²) in [4.78, 5) is 27.7. The van der Waals surface area contributed by atoms with E-state index < -0.39 is 4.92 Å². The Morgan fingerprint density at radius 1 is 1.08 bits per heavy atom. The molecular formula is C26H23N3O5S2. The highest BCUT2D eigenvalue weighted by molar-refractivity contribution is 8.27. The van der Waals surface area contributed by atoms with Gasteiger partial charge in [0.15, 0.2) is 15.8 Å². The fraction of sp³-hybridized carbons (Fsp3) is 0.154. The van der Waals surface area contributed by atoms with Crippen molar-refractivity contribution in [1.29, 1.82) is 0 Å². The smallest absolute Gasteiger partial charge is 0.270 e. The highest BCUT2D eigenvalue weighted by Gasteiger charge is 2.33. The molecule has 0 aromatic heterocycles. The van der Waals surface area contributed by atoms with Gasteiger partial charge in [0.25, 0.3) is 11.6 Å². The Hall–Kier alpha value is -3.89. The Morgan fingerprint density at radius 3 is 2.50 bits per heavy atom. The molecular weight excluding hydrogens is 498 g/mol. The molecule has 4 rings (SSSR count). The third-order valence-electron chi connectivity index (χ3n) is 5.42. The van der Waals surface area contributed by atoms with Crippen LogP contribution in [0.15, 0.2) is 71.6 Å². The molecule has 1 saturated heterocycles. The molecule has 3 aromatic rings. The Bertz CT molecular complexity index is 1360. The van der Waals surface area contributed by atoms with Crippen molar-refractivity contribution < 1.29 is 19.2 Å². The molecule has 1 fully saturated rings. The predicted octanol–water partition coefficient (Wildman–Crippen LogP) is 5.65. The zero-order valence-corrected chi connectivity index (χ0v) is 21.5. The van der Waals surface area contributed by atoms with Crippen LogP contribution in [0.4, 0.5) is 17.1 Å². The molecule has 0 unspecified atom stereocenters. The van der Waals surface area contributed by atoms with Gasteiger partial charge in [-0.1, -0.05) is 42.2 Å². The third kappa shape index (κ3) is 5.50. The summed E-state index contributed by atoms with van der Waals surface area (Å²) >= 11 is 6.72. The second-order valence-electron chi connectivity index (χ2n) is 8.05. The van der Waals surface area contributed by atoms with Gasteiger partial charge in [0, 0.05) is 31.9 Å². The molecule has 0 aliphatic carbocycles. The molecule has 8 nitrogen and oxygen atoms in total. The van der Waals surface area contributed by atoms with Crippen LogP contribution in [0, 0.1) is 10.1 Å². The molecule has 1 amide bonds. The van der Waals surface area contributed by atoms with E-state index in [1.165, 1.54) is 35.9 Å². The fourth-order valence-electron chi connectivity index (χ4n) is 3.56. The Balaban J connectivity index is 1.50. The largest absolute Gasteiger partial charge is 0.493 e. The van der Waals surface area contributed by atoms with Crippen molar-refractivity contribution >= 4 is 57.3 Å². The number of amides is 1. The van der Waals surface area contributed by atoms with E-state index in [0.29, 0.717) is 32.0 Å². The summed E-state index contributed by atoms with van der Waals surface area (Å²) in [6.07, 6.45) is 1.76. The first-order valence-corrected chi connectivity index (χ1v) is 12.1. The van der Waals surface area contributed by atoms with Crippen LogP contribution < -0.4 is 19.3 Å². The second kappa shape index (κ2) is 10.8. The van der Waals surface area contributed by atoms with Crippen LogP contribution in [-0.2, 0) is 11.4 Å². The quantitative estimate of drug-likeness (QED) is 0.163. The van der Waals surface area contributed by atoms with Gasteiger partial charge in [0.1, 0.15) is 6.61 Å². The van der Waals surface area contributed by atoms with Crippen molar-refractivity contribution in [2.24, 2.45) is 0 Å². The molecule has 1 aliphatic rings. The number of anilines is 2. The van der Waals surface area contributed by atoms with E-state index in [4.69, 9.17) is 21.7 Å². The number of hydrogen-bond acceptors (Lipinski definition) is 8. The van der Waals surface area contributed by atoms with Crippen molar-refractivity contribution in [3.63, 3.8) is 0 Å². The number of benzene rings is 3. The molecule has 1 heterocycles. The van der Waals surface area contributed by atoms with Gasteiger partial charge >= 0.3 is 0 Å². The van der Waals surface area contributed by atoms with Gasteiger partial charge in [-0.3, -0.25) is 19.8 Å². The van der Waals surface area contributed by atoms with Gasteiger partial charge in [0.2, 0.25) is 0 Å². The van der Waals surface area contributed by atoms with Crippen molar-refractivity contribution in [3.8, 4) is 11.5 Å². The highest BCUT2D eigenvalue weighted by Crippen LogP contribution is 2.37. The molecule has 3 aromatic carbocycles. The van der Waals surface area contributed by atoms with E-state index in [0.717, 1.165) is 11.3 Å². The lowest BCUT2D eigenvalue weighted by molar-refractivity contribution is -0.384. The van der Waals surface area contributed by atoms with Crippen molar-refractivity contribution in [3.05, 3.63) is 92.9 Å². The summed E-state index contributed by atoms with van der Waals surface area (Å²) < 4.78 is 11.8. The van der Waals surface area contributed by atoms with E-state index in [1.54, 1.807) is 30.3 Å². The summed E-state index contributed by atoms with van der Waals surface area (Å²) in [5.74, 6) is 0.770. The zero-order chi connectivity index (χ0) is 25.8. The second-order valence-corrected chi connectivity index (χ2v) is 9.73. The Morgan fingerprint density at radius 2 is 1.83 bits per heavy atom. The lowest BCUT2D eigenvalue weighted by Gasteiger charge is -2.17. The highest BCUT2D eigenvalue weighted by atomic mass is 32.2. The number of hydrogen-bond donors (Lipinski definition) is 0. The number of thioether (sulfide) groups is 1. The minimum Gasteiger partial charge on any atom is -0.493 e. The molecule has 0 radical (unpaired) electrons. The predicted molar refractivity (Wildman–Crippen MR) is 147 cm³/mol. The number of methoxy groups -OCH3 is 1. The number of ether oxygens (including phenoxy) is 2. The van der Waals surface area contributed by atoms with Crippen LogP contribution in [-0.4, -0.2) is 36.4 Å². The normalized spacial score (nSPS) is 14.3. The SMILES string of the molecule is COc1cc(/C=C2/SC(=S)N(c3ccc(N(C)C)cc3)C2=O)ccc1OCc1cccc([N+](=O)[O-])c1. The van der Waals surface area contributed by atoms with Crippen LogP contribution in [0.25, 0.3) is 6.08 Å². The number of nitro benzene ring substituents is 1. The maximum atomic E-state index is 13.1. The van der Waals surface area contributed by atoms with Gasteiger partial charge in [-0.15, -0.1) is 0 Å². The van der Waals surface area contributed by atoms with E-state index in [9.17, 15) is 14.9 Å². The van der Waals surface area contributed by atoms with Gasteiger partial charge in [-0.2, -0.15) is 0 Å². The minimum atomic E-state index is -0.444. The molecule has 0 N–H and O–H groups in total. The van der Waals surface area contributed by atoms with Crippen LogP contribution in [0.5, 0.6) is 11.5 Å². The number of carbonyl (C=O) groups excluding carboxylic acids is 1. The van der Waals surface area contributed by atoms with Gasteiger partial charge in [0.05, 0.1) is 22.6 Å². The number of nitrogens with zero attached hydrogens (tertiary/aromatic N) is 3. The van der Waals surface area contributed by atoms with E-state index in [1.807, 2.05) is 49.3 Å². The van der Waals surface area contributed by atoms with Crippen molar-refractivity contribution in [1.82, 2.24) is 0 Å². The van der Waals surface area contributed by atoms with Crippen LogP contribution >= 0.6 is 24.0 Å². The van der Waals surface area contributed by atoms with Crippen LogP contribution in [0.1, 0.15) is 11.1 Å². The van der Waals surface area contributed by atoms with Crippen molar-refractivity contribution in [2.75, 3.05) is 31.0 Å². The maximum absolute atomic E-state index is 13.1. The van der Waals surface area contributed by atoms with E-state index in [-0.39, 0.29) is 18.2 Å². The fourth-order valence-corrected chi connectivity index (χ4v) is 4.85. The van der Waals surface area contributed by atoms with Crippen molar-refractivity contribution in [2.45, 2.75) is 6.61 Å². The minimum absolute atomic E-state index is 0.00405. The molecule has 0 saturated carbocycles. The standard InChI is InChI=1S/C26H23N3O5S2/c1-27(2)19-8-10-20(11-9-19)28-25(30)24(36-26(28)35)15-17-7-12-22(23(14-17)33-3)34-16-18-5-4-6-21(13-18)29(31)32/h4-15H,16H2,1-3H3/b24-15+. The zero-order valence-electron chi connectivity index (χ0n) is 19.8. The lowest BCUT2D eigenvalue weighted by Crippen LogP contribution is -2.27. The van der Waals surface area contributed by atoms with Gasteiger partial charge in [-0.05, 0) is 53.6 Å². The number of non-ortho nitro benzene ring substituents is 1. The monoisotopic (exact) mass is 521 g/mol. The number of carbonyl (C=O) groups is 1. The molecule has 36 heavy (non-hydrogen) atoms. The number of thiocarbonyl (C=S) groups is 1. The first kappa shape index (κ1) is 25.2. The first-order chi connectivity index (χ1) is 17.3. The van der Waals surface area contributed by atoms with Gasteiger partial charge < -0.3 is 14.4 Å². The third-order valence-corrected chi connectivity index (χ3v) is 6.72. The number of nitro groups is 1. The van der Waals surface area contributed by atoms with E-state index in [2.05, 4.69) is 0 Å². The van der Waals surface area contributed by atoms with Crippen LogP contribution in [0.3, 0.4) is 0 Å². The first-order valence-electron chi connectivity index (χ1n) is 10.9. The Labute approximate surface area is 218 Å². The average molecular weight is 522 g/mol. The molecule has 0 atom stereocenters. The molecule has 184 valence electrons. The topological polar surface area (TPSA) is 85.2 Å². The summed E-state index contributed by atoms with van der Waals surface area (Å²) in [5.41, 5.74) is 3.16. The summed E-state index contributed by atoms with van der Waals surface area (Å²) in [6.45, 7) is 0.142. The average Bonchev–Trinajstić information content (AvgIpc) is 3.15. The van der Waals surface area contributed by atoms with Gasteiger partial charge in [-0.25, -0.2) is 0 Å². The lowest BCUT2D eigenvalue weighted by atomic mass is 10.1. The summed E-state index contributed by atoms with van der Waals surface area (Å²) in [6, 6.07) is 19.2. The molecule has 0 bridgehead atoms.